The van der Waals surface area contributed by atoms with Gasteiger partial charge in [0.2, 0.25) is 6.41 Å². The standard InChI is InChI=1S/C14H16FNO2/c1-9-12-5-14(18-7-10-2-3-10)13(15)4-11(12)6-16(9)8-17/h4-5,8-10H,2-3,6-7H2,1H3/t9-/m1/s1. The smallest absolute Gasteiger partial charge is 0.210 e. The summed E-state index contributed by atoms with van der Waals surface area (Å²) < 4.78 is 19.4. The van der Waals surface area contributed by atoms with Crippen LogP contribution in [0.15, 0.2) is 12.1 Å². The van der Waals surface area contributed by atoms with Crippen molar-refractivity contribution in [2.75, 3.05) is 6.61 Å². The molecule has 96 valence electrons. The maximum Gasteiger partial charge on any atom is 0.210 e. The highest BCUT2D eigenvalue weighted by Gasteiger charge is 2.28. The van der Waals surface area contributed by atoms with Gasteiger partial charge in [0, 0.05) is 6.54 Å². The number of hydrogen-bond donors (Lipinski definition) is 0. The second-order valence-electron chi connectivity index (χ2n) is 5.19. The molecular formula is C14H16FNO2. The van der Waals surface area contributed by atoms with Crippen molar-refractivity contribution in [3.63, 3.8) is 0 Å². The average Bonchev–Trinajstić information content (AvgIpc) is 3.13. The molecule has 1 amide bonds. The molecule has 1 atom stereocenters. The minimum absolute atomic E-state index is 0.00127. The number of carbonyl (C=O) groups is 1. The van der Waals surface area contributed by atoms with Crippen LogP contribution in [0.5, 0.6) is 5.75 Å². The van der Waals surface area contributed by atoms with Gasteiger partial charge < -0.3 is 9.64 Å². The zero-order chi connectivity index (χ0) is 12.7. The third-order valence-electron chi connectivity index (χ3n) is 3.80. The van der Waals surface area contributed by atoms with Gasteiger partial charge in [-0.2, -0.15) is 0 Å². The molecule has 1 aliphatic carbocycles. The molecule has 1 heterocycles. The van der Waals surface area contributed by atoms with Crippen LogP contribution in [0, 0.1) is 11.7 Å². The van der Waals surface area contributed by atoms with Gasteiger partial charge >= 0.3 is 0 Å². The van der Waals surface area contributed by atoms with E-state index in [0.717, 1.165) is 17.5 Å². The maximum atomic E-state index is 13.8. The zero-order valence-corrected chi connectivity index (χ0v) is 10.4. The summed E-state index contributed by atoms with van der Waals surface area (Å²) >= 11 is 0. The number of amides is 1. The minimum Gasteiger partial charge on any atom is -0.490 e. The number of halogens is 1. The predicted molar refractivity (Wildman–Crippen MR) is 64.6 cm³/mol. The van der Waals surface area contributed by atoms with Gasteiger partial charge in [-0.15, -0.1) is 0 Å². The summed E-state index contributed by atoms with van der Waals surface area (Å²) in [5, 5.41) is 0. The molecule has 2 aliphatic rings. The van der Waals surface area contributed by atoms with E-state index >= 15 is 0 Å². The lowest BCUT2D eigenvalue weighted by Crippen LogP contribution is -2.17. The van der Waals surface area contributed by atoms with Gasteiger partial charge in [0.05, 0.1) is 12.6 Å². The predicted octanol–water partition coefficient (Wildman–Crippen LogP) is 2.65. The molecule has 1 aliphatic heterocycles. The van der Waals surface area contributed by atoms with Crippen molar-refractivity contribution in [2.24, 2.45) is 5.92 Å². The highest BCUT2D eigenvalue weighted by molar-refractivity contribution is 5.54. The molecule has 0 radical (unpaired) electrons. The van der Waals surface area contributed by atoms with Crippen LogP contribution in [0.2, 0.25) is 0 Å². The van der Waals surface area contributed by atoms with Crippen LogP contribution in [-0.2, 0) is 11.3 Å². The van der Waals surface area contributed by atoms with Crippen LogP contribution in [0.25, 0.3) is 0 Å². The molecule has 3 rings (SSSR count). The Balaban J connectivity index is 1.84. The van der Waals surface area contributed by atoms with Crippen LogP contribution < -0.4 is 4.74 Å². The lowest BCUT2D eigenvalue weighted by Gasteiger charge is -2.15. The zero-order valence-electron chi connectivity index (χ0n) is 10.4. The second-order valence-corrected chi connectivity index (χ2v) is 5.19. The van der Waals surface area contributed by atoms with E-state index in [4.69, 9.17) is 4.74 Å². The number of fused-ring (bicyclic) bond motifs is 1. The second kappa shape index (κ2) is 4.26. The quantitative estimate of drug-likeness (QED) is 0.768. The number of carbonyl (C=O) groups excluding carboxylic acids is 1. The Morgan fingerprint density at radius 1 is 1.50 bits per heavy atom. The highest BCUT2D eigenvalue weighted by Crippen LogP contribution is 2.37. The molecule has 0 bridgehead atoms. The first-order valence-corrected chi connectivity index (χ1v) is 6.35. The van der Waals surface area contributed by atoms with E-state index in [-0.39, 0.29) is 11.9 Å². The molecule has 0 spiro atoms. The Morgan fingerprint density at radius 2 is 2.28 bits per heavy atom. The Bertz CT molecular complexity index is 485. The van der Waals surface area contributed by atoms with Crippen LogP contribution in [0.3, 0.4) is 0 Å². The van der Waals surface area contributed by atoms with Crippen molar-refractivity contribution in [1.29, 1.82) is 0 Å². The molecule has 0 aromatic heterocycles. The van der Waals surface area contributed by atoms with Gasteiger partial charge in [0.25, 0.3) is 0 Å². The summed E-state index contributed by atoms with van der Waals surface area (Å²) in [5.41, 5.74) is 1.88. The maximum absolute atomic E-state index is 13.8. The van der Waals surface area contributed by atoms with Gasteiger partial charge in [-0.05, 0) is 48.9 Å². The summed E-state index contributed by atoms with van der Waals surface area (Å²) in [6.45, 7) is 3.03. The van der Waals surface area contributed by atoms with E-state index in [1.807, 2.05) is 6.92 Å². The lowest BCUT2D eigenvalue weighted by molar-refractivity contribution is -0.119. The van der Waals surface area contributed by atoms with E-state index in [1.165, 1.54) is 18.9 Å². The molecule has 1 fully saturated rings. The largest absolute Gasteiger partial charge is 0.490 e. The first kappa shape index (κ1) is 11.5. The summed E-state index contributed by atoms with van der Waals surface area (Å²) in [4.78, 5) is 12.5. The minimum atomic E-state index is -0.325. The summed E-state index contributed by atoms with van der Waals surface area (Å²) in [6, 6.07) is 3.25. The first-order chi connectivity index (χ1) is 8.69. The van der Waals surface area contributed by atoms with Crippen molar-refractivity contribution in [3.05, 3.63) is 29.1 Å². The SMILES string of the molecule is C[C@@H]1c2cc(OCC3CC3)c(F)cc2CN1C=O. The highest BCUT2D eigenvalue weighted by atomic mass is 19.1. The Labute approximate surface area is 106 Å². The molecule has 1 saturated carbocycles. The van der Waals surface area contributed by atoms with Gasteiger partial charge in [-0.3, -0.25) is 4.79 Å². The Morgan fingerprint density at radius 3 is 2.94 bits per heavy atom. The van der Waals surface area contributed by atoms with Crippen LogP contribution in [0.4, 0.5) is 4.39 Å². The van der Waals surface area contributed by atoms with Gasteiger partial charge in [-0.25, -0.2) is 4.39 Å². The summed E-state index contributed by atoms with van der Waals surface area (Å²) in [5.74, 6) is 0.594. The number of nitrogens with zero attached hydrogens (tertiary/aromatic N) is 1. The monoisotopic (exact) mass is 249 g/mol. The van der Waals surface area contributed by atoms with Crippen molar-refractivity contribution in [1.82, 2.24) is 4.90 Å². The van der Waals surface area contributed by atoms with Crippen molar-refractivity contribution < 1.29 is 13.9 Å². The molecule has 18 heavy (non-hydrogen) atoms. The molecule has 1 aromatic rings. The van der Waals surface area contributed by atoms with E-state index in [2.05, 4.69) is 0 Å². The van der Waals surface area contributed by atoms with E-state index in [9.17, 15) is 9.18 Å². The molecule has 0 N–H and O–H groups in total. The molecule has 3 nitrogen and oxygen atoms in total. The number of rotatable bonds is 4. The van der Waals surface area contributed by atoms with Gasteiger partial charge in [-0.1, -0.05) is 0 Å². The first-order valence-electron chi connectivity index (χ1n) is 6.35. The van der Waals surface area contributed by atoms with Crippen molar-refractivity contribution in [3.8, 4) is 5.75 Å². The number of hydrogen-bond acceptors (Lipinski definition) is 2. The topological polar surface area (TPSA) is 29.5 Å². The van der Waals surface area contributed by atoms with Gasteiger partial charge in [0.15, 0.2) is 11.6 Å². The van der Waals surface area contributed by atoms with Crippen LogP contribution >= 0.6 is 0 Å². The Kier molecular flexibility index (Phi) is 2.73. The average molecular weight is 249 g/mol. The lowest BCUT2D eigenvalue weighted by atomic mass is 10.1. The third kappa shape index (κ3) is 1.96. The van der Waals surface area contributed by atoms with Crippen LogP contribution in [-0.4, -0.2) is 17.9 Å². The fraction of sp³-hybridized carbons (Fsp3) is 0.500. The van der Waals surface area contributed by atoms with Gasteiger partial charge in [0.1, 0.15) is 0 Å². The summed E-state index contributed by atoms with van der Waals surface area (Å²) in [6.07, 6.45) is 3.18. The molecule has 0 unspecified atom stereocenters. The van der Waals surface area contributed by atoms with Crippen LogP contribution in [0.1, 0.15) is 36.9 Å². The molecule has 1 aromatic carbocycles. The van der Waals surface area contributed by atoms with Crippen molar-refractivity contribution >= 4 is 6.41 Å². The molecule has 4 heteroatoms. The summed E-state index contributed by atoms with van der Waals surface area (Å²) in [7, 11) is 0. The van der Waals surface area contributed by atoms with Crippen molar-refractivity contribution in [2.45, 2.75) is 32.4 Å². The molecular weight excluding hydrogens is 233 g/mol. The number of benzene rings is 1. The number of ether oxygens (including phenoxy) is 1. The van der Waals surface area contributed by atoms with E-state index in [1.54, 1.807) is 11.0 Å². The van der Waals surface area contributed by atoms with E-state index < -0.39 is 0 Å². The third-order valence-corrected chi connectivity index (χ3v) is 3.80. The fourth-order valence-corrected chi connectivity index (χ4v) is 2.38. The molecule has 0 saturated heterocycles. The Hall–Kier alpha value is -1.58. The fourth-order valence-electron chi connectivity index (χ4n) is 2.38. The van der Waals surface area contributed by atoms with E-state index in [0.29, 0.717) is 24.8 Å². The normalized spacial score (nSPS) is 21.9.